The van der Waals surface area contributed by atoms with Crippen LogP contribution in [0.15, 0.2) is 30.6 Å². The summed E-state index contributed by atoms with van der Waals surface area (Å²) in [5.41, 5.74) is 0.513. The number of hydrogen-bond donors (Lipinski definition) is 2. The maximum atomic E-state index is 12.6. The molecule has 0 aliphatic rings. The van der Waals surface area contributed by atoms with Crippen molar-refractivity contribution in [2.24, 2.45) is 0 Å². The zero-order valence-electron chi connectivity index (χ0n) is 8.89. The summed E-state index contributed by atoms with van der Waals surface area (Å²) in [6.07, 6.45) is 2.02. The molecule has 2 N–H and O–H groups in total. The predicted octanol–water partition coefficient (Wildman–Crippen LogP) is 2.71. The van der Waals surface area contributed by atoms with Crippen molar-refractivity contribution in [3.8, 4) is 0 Å². The number of carboxylic acids is 1. The van der Waals surface area contributed by atoms with Gasteiger partial charge in [-0.3, -0.25) is 0 Å². The summed E-state index contributed by atoms with van der Waals surface area (Å²) in [4.78, 5) is 18.1. The first-order valence-corrected chi connectivity index (χ1v) is 5.21. The predicted molar refractivity (Wildman–Crippen MR) is 63.7 cm³/mol. The molecule has 5 nitrogen and oxygen atoms in total. The Balaban J connectivity index is 2.24. The molecule has 0 aliphatic heterocycles. The SMILES string of the molecule is O=C(O)c1ccc(Nc2ncc(F)cn2)c(Cl)c1. The molecule has 0 unspecified atom stereocenters. The maximum Gasteiger partial charge on any atom is 0.335 e. The van der Waals surface area contributed by atoms with Crippen LogP contribution < -0.4 is 5.32 Å². The summed E-state index contributed by atoms with van der Waals surface area (Å²) in [6, 6.07) is 4.17. The van der Waals surface area contributed by atoms with Crippen molar-refractivity contribution in [2.45, 2.75) is 0 Å². The number of carbonyl (C=O) groups is 1. The molecule has 0 bridgehead atoms. The lowest BCUT2D eigenvalue weighted by molar-refractivity contribution is 0.0697. The molecule has 0 radical (unpaired) electrons. The lowest BCUT2D eigenvalue weighted by atomic mass is 10.2. The first-order valence-electron chi connectivity index (χ1n) is 4.83. The van der Waals surface area contributed by atoms with Crippen LogP contribution in [0.3, 0.4) is 0 Å². The second-order valence-corrected chi connectivity index (χ2v) is 3.76. The van der Waals surface area contributed by atoms with Gasteiger partial charge in [-0.1, -0.05) is 11.6 Å². The third-order valence-electron chi connectivity index (χ3n) is 2.08. The van der Waals surface area contributed by atoms with Crippen molar-refractivity contribution in [1.29, 1.82) is 0 Å². The van der Waals surface area contributed by atoms with Gasteiger partial charge in [0.05, 0.1) is 28.7 Å². The maximum absolute atomic E-state index is 12.6. The average molecular weight is 268 g/mol. The lowest BCUT2D eigenvalue weighted by Gasteiger charge is -2.07. The van der Waals surface area contributed by atoms with Gasteiger partial charge in [-0.15, -0.1) is 0 Å². The van der Waals surface area contributed by atoms with Crippen LogP contribution >= 0.6 is 11.6 Å². The number of aromatic carboxylic acids is 1. The zero-order chi connectivity index (χ0) is 13.1. The van der Waals surface area contributed by atoms with Crippen LogP contribution in [0.25, 0.3) is 0 Å². The quantitative estimate of drug-likeness (QED) is 0.894. The molecule has 0 atom stereocenters. The van der Waals surface area contributed by atoms with Gasteiger partial charge in [0.15, 0.2) is 5.82 Å². The molecule has 0 spiro atoms. The summed E-state index contributed by atoms with van der Waals surface area (Å²) < 4.78 is 12.6. The van der Waals surface area contributed by atoms with E-state index in [9.17, 15) is 9.18 Å². The Kier molecular flexibility index (Phi) is 3.38. The molecule has 1 aromatic heterocycles. The minimum atomic E-state index is -1.07. The molecule has 1 heterocycles. The van der Waals surface area contributed by atoms with E-state index in [1.54, 1.807) is 0 Å². The molecule has 0 saturated carbocycles. The van der Waals surface area contributed by atoms with Crippen LogP contribution in [-0.2, 0) is 0 Å². The molecule has 92 valence electrons. The second-order valence-electron chi connectivity index (χ2n) is 3.35. The fourth-order valence-electron chi connectivity index (χ4n) is 1.25. The molecule has 1 aromatic carbocycles. The summed E-state index contributed by atoms with van der Waals surface area (Å²) in [6.45, 7) is 0. The van der Waals surface area contributed by atoms with Crippen molar-refractivity contribution in [2.75, 3.05) is 5.32 Å². The van der Waals surface area contributed by atoms with Crippen molar-refractivity contribution in [3.63, 3.8) is 0 Å². The first-order chi connectivity index (χ1) is 8.56. The number of nitrogens with one attached hydrogen (secondary N) is 1. The number of aromatic nitrogens is 2. The van der Waals surface area contributed by atoms with E-state index in [-0.39, 0.29) is 16.5 Å². The van der Waals surface area contributed by atoms with E-state index in [1.807, 2.05) is 0 Å². The average Bonchev–Trinajstić information content (AvgIpc) is 2.34. The van der Waals surface area contributed by atoms with Gasteiger partial charge < -0.3 is 10.4 Å². The standard InChI is InChI=1S/C11H7ClFN3O2/c12-8-3-6(10(17)18)1-2-9(8)16-11-14-4-7(13)5-15-11/h1-5H,(H,17,18)(H,14,15,16). The van der Waals surface area contributed by atoms with E-state index >= 15 is 0 Å². The van der Waals surface area contributed by atoms with Crippen LogP contribution in [0, 0.1) is 5.82 Å². The fraction of sp³-hybridized carbons (Fsp3) is 0. The van der Waals surface area contributed by atoms with E-state index in [2.05, 4.69) is 15.3 Å². The third kappa shape index (κ3) is 2.72. The highest BCUT2D eigenvalue weighted by Crippen LogP contribution is 2.25. The molecule has 0 amide bonds. The number of anilines is 2. The third-order valence-corrected chi connectivity index (χ3v) is 2.40. The second kappa shape index (κ2) is 4.97. The van der Waals surface area contributed by atoms with Crippen LogP contribution in [0.1, 0.15) is 10.4 Å². The van der Waals surface area contributed by atoms with Gasteiger partial charge in [0.2, 0.25) is 5.95 Å². The Hall–Kier alpha value is -2.21. The van der Waals surface area contributed by atoms with Crippen molar-refractivity contribution >= 4 is 29.2 Å². The molecule has 0 aliphatic carbocycles. The van der Waals surface area contributed by atoms with E-state index < -0.39 is 11.8 Å². The Bertz CT molecular complexity index is 589. The number of benzene rings is 1. The van der Waals surface area contributed by atoms with Crippen molar-refractivity contribution in [3.05, 3.63) is 47.0 Å². The highest BCUT2D eigenvalue weighted by atomic mass is 35.5. The largest absolute Gasteiger partial charge is 0.478 e. The molecule has 2 aromatic rings. The van der Waals surface area contributed by atoms with Crippen LogP contribution in [0.5, 0.6) is 0 Å². The highest BCUT2D eigenvalue weighted by Gasteiger charge is 2.08. The number of hydrogen-bond acceptors (Lipinski definition) is 4. The Morgan fingerprint density at radius 3 is 2.56 bits per heavy atom. The van der Waals surface area contributed by atoms with E-state index in [0.29, 0.717) is 5.69 Å². The Morgan fingerprint density at radius 1 is 1.33 bits per heavy atom. The first kappa shape index (κ1) is 12.3. The van der Waals surface area contributed by atoms with Gasteiger partial charge in [0, 0.05) is 0 Å². The van der Waals surface area contributed by atoms with Gasteiger partial charge in [0.25, 0.3) is 0 Å². The lowest BCUT2D eigenvalue weighted by Crippen LogP contribution is -2.00. The number of rotatable bonds is 3. The van der Waals surface area contributed by atoms with Crippen molar-refractivity contribution < 1.29 is 14.3 Å². The Labute approximate surface area is 106 Å². The topological polar surface area (TPSA) is 75.1 Å². The van der Waals surface area contributed by atoms with Crippen LogP contribution in [0.2, 0.25) is 5.02 Å². The normalized spacial score (nSPS) is 10.1. The van der Waals surface area contributed by atoms with Crippen molar-refractivity contribution in [1.82, 2.24) is 9.97 Å². The van der Waals surface area contributed by atoms with E-state index in [0.717, 1.165) is 12.4 Å². The minimum absolute atomic E-state index is 0.0746. The smallest absolute Gasteiger partial charge is 0.335 e. The van der Waals surface area contributed by atoms with Gasteiger partial charge in [-0.05, 0) is 18.2 Å². The van der Waals surface area contributed by atoms with Gasteiger partial charge in [-0.25, -0.2) is 19.2 Å². The Morgan fingerprint density at radius 2 is 2.00 bits per heavy atom. The number of nitrogens with zero attached hydrogens (tertiary/aromatic N) is 2. The van der Waals surface area contributed by atoms with Gasteiger partial charge >= 0.3 is 5.97 Å². The summed E-state index contributed by atoms with van der Waals surface area (Å²) in [7, 11) is 0. The summed E-state index contributed by atoms with van der Waals surface area (Å²) >= 11 is 5.90. The van der Waals surface area contributed by atoms with E-state index in [1.165, 1.54) is 18.2 Å². The monoisotopic (exact) mass is 267 g/mol. The van der Waals surface area contributed by atoms with Crippen LogP contribution in [0.4, 0.5) is 16.0 Å². The molecule has 2 rings (SSSR count). The van der Waals surface area contributed by atoms with Crippen LogP contribution in [-0.4, -0.2) is 21.0 Å². The number of carboxylic acid groups (broad SMARTS) is 1. The summed E-state index contributed by atoms with van der Waals surface area (Å²) in [5.74, 6) is -1.45. The molecular weight excluding hydrogens is 261 g/mol. The molecule has 7 heteroatoms. The number of halogens is 2. The fourth-order valence-corrected chi connectivity index (χ4v) is 1.47. The summed E-state index contributed by atoms with van der Waals surface area (Å²) in [5, 5.41) is 11.7. The molecule has 0 saturated heterocycles. The molecule has 0 fully saturated rings. The van der Waals surface area contributed by atoms with E-state index in [4.69, 9.17) is 16.7 Å². The van der Waals surface area contributed by atoms with Gasteiger partial charge in [-0.2, -0.15) is 0 Å². The zero-order valence-corrected chi connectivity index (χ0v) is 9.65. The minimum Gasteiger partial charge on any atom is -0.478 e. The molecule has 18 heavy (non-hydrogen) atoms. The van der Waals surface area contributed by atoms with Gasteiger partial charge in [0.1, 0.15) is 0 Å². The molecular formula is C11H7ClFN3O2. The highest BCUT2D eigenvalue weighted by molar-refractivity contribution is 6.33.